The van der Waals surface area contributed by atoms with Gasteiger partial charge in [-0.2, -0.15) is 0 Å². The summed E-state index contributed by atoms with van der Waals surface area (Å²) in [5, 5.41) is 2.26. The van der Waals surface area contributed by atoms with Gasteiger partial charge in [-0.3, -0.25) is 0 Å². The number of nitrogens with zero attached hydrogens (tertiary/aromatic N) is 2. The van der Waals surface area contributed by atoms with Crippen molar-refractivity contribution >= 4 is 17.4 Å². The Morgan fingerprint density at radius 1 is 1.00 bits per heavy atom. The molecule has 0 bridgehead atoms. The second kappa shape index (κ2) is 3.59. The summed E-state index contributed by atoms with van der Waals surface area (Å²) >= 11 is 1.88. The standard InChI is InChI=1S/C12H11N2S/c1-4-8-13(9-5-1)14-10-15-12-7-3-2-6-11(12)14/h1-9H,10H2/q+1. The van der Waals surface area contributed by atoms with E-state index in [-0.39, 0.29) is 0 Å². The van der Waals surface area contributed by atoms with Crippen molar-refractivity contribution in [2.75, 3.05) is 10.9 Å². The first-order valence-electron chi connectivity index (χ1n) is 4.91. The number of aromatic nitrogens is 1. The molecular formula is C12H11N2S+. The number of pyridine rings is 1. The van der Waals surface area contributed by atoms with E-state index in [1.807, 2.05) is 30.0 Å². The van der Waals surface area contributed by atoms with Gasteiger partial charge in [-0.15, -0.1) is 5.01 Å². The van der Waals surface area contributed by atoms with Gasteiger partial charge in [0.15, 0.2) is 12.4 Å². The zero-order valence-electron chi connectivity index (χ0n) is 8.21. The van der Waals surface area contributed by atoms with Crippen LogP contribution >= 0.6 is 11.8 Å². The molecular weight excluding hydrogens is 204 g/mol. The van der Waals surface area contributed by atoms with E-state index in [0.29, 0.717) is 0 Å². The van der Waals surface area contributed by atoms with Gasteiger partial charge in [-0.1, -0.05) is 34.6 Å². The monoisotopic (exact) mass is 215 g/mol. The van der Waals surface area contributed by atoms with Crippen LogP contribution in [0.25, 0.3) is 0 Å². The van der Waals surface area contributed by atoms with Gasteiger partial charge in [-0.25, -0.2) is 0 Å². The Morgan fingerprint density at radius 2 is 1.80 bits per heavy atom. The third kappa shape index (κ3) is 1.49. The van der Waals surface area contributed by atoms with E-state index in [4.69, 9.17) is 0 Å². The van der Waals surface area contributed by atoms with E-state index in [1.54, 1.807) is 0 Å². The van der Waals surface area contributed by atoms with Gasteiger partial charge in [0.2, 0.25) is 0 Å². The van der Waals surface area contributed by atoms with Crippen molar-refractivity contribution in [3.63, 3.8) is 0 Å². The maximum atomic E-state index is 2.26. The molecule has 1 aliphatic rings. The molecule has 0 atom stereocenters. The molecule has 0 unspecified atom stereocenters. The number of para-hydroxylation sites is 1. The van der Waals surface area contributed by atoms with Crippen LogP contribution in [0.2, 0.25) is 0 Å². The molecule has 0 radical (unpaired) electrons. The van der Waals surface area contributed by atoms with Crippen molar-refractivity contribution in [3.8, 4) is 0 Å². The topological polar surface area (TPSA) is 7.12 Å². The summed E-state index contributed by atoms with van der Waals surface area (Å²) in [6.45, 7) is 0. The van der Waals surface area contributed by atoms with Crippen LogP contribution in [0.5, 0.6) is 0 Å². The molecule has 74 valence electrons. The fourth-order valence-electron chi connectivity index (χ4n) is 1.73. The van der Waals surface area contributed by atoms with Crippen molar-refractivity contribution in [2.45, 2.75) is 4.90 Å². The van der Waals surface area contributed by atoms with Crippen LogP contribution in [-0.2, 0) is 0 Å². The van der Waals surface area contributed by atoms with Gasteiger partial charge in [0, 0.05) is 17.0 Å². The number of benzene rings is 1. The van der Waals surface area contributed by atoms with Crippen molar-refractivity contribution in [3.05, 3.63) is 54.9 Å². The van der Waals surface area contributed by atoms with Gasteiger partial charge in [0.05, 0.1) is 0 Å². The highest BCUT2D eigenvalue weighted by Gasteiger charge is 2.25. The molecule has 1 aromatic carbocycles. The highest BCUT2D eigenvalue weighted by atomic mass is 32.2. The minimum Gasteiger partial charge on any atom is -0.137 e. The third-order valence-electron chi connectivity index (χ3n) is 2.46. The summed E-state index contributed by atoms with van der Waals surface area (Å²) in [7, 11) is 0. The quantitative estimate of drug-likeness (QED) is 0.674. The summed E-state index contributed by atoms with van der Waals surface area (Å²) < 4.78 is 2.12. The Morgan fingerprint density at radius 3 is 2.67 bits per heavy atom. The van der Waals surface area contributed by atoms with Gasteiger partial charge in [-0.05, 0) is 12.1 Å². The normalized spacial score (nSPS) is 14.0. The van der Waals surface area contributed by atoms with Gasteiger partial charge >= 0.3 is 0 Å². The highest BCUT2D eigenvalue weighted by molar-refractivity contribution is 7.99. The third-order valence-corrected chi connectivity index (χ3v) is 3.49. The first-order valence-corrected chi connectivity index (χ1v) is 5.90. The maximum absolute atomic E-state index is 2.26. The number of hydrogen-bond acceptors (Lipinski definition) is 2. The summed E-state index contributed by atoms with van der Waals surface area (Å²) in [6, 6.07) is 14.6. The summed E-state index contributed by atoms with van der Waals surface area (Å²) in [4.78, 5) is 1.36. The second-order valence-corrected chi connectivity index (χ2v) is 4.38. The number of fused-ring (bicyclic) bond motifs is 1. The number of thioether (sulfide) groups is 1. The molecule has 2 nitrogen and oxygen atoms in total. The summed E-state index contributed by atoms with van der Waals surface area (Å²) in [5.41, 5.74) is 1.29. The van der Waals surface area contributed by atoms with E-state index < -0.39 is 0 Å². The lowest BCUT2D eigenvalue weighted by molar-refractivity contribution is -0.682. The zero-order chi connectivity index (χ0) is 10.1. The average molecular weight is 215 g/mol. The fourth-order valence-corrected chi connectivity index (χ4v) is 2.76. The maximum Gasteiger partial charge on any atom is 0.200 e. The molecule has 0 N–H and O–H groups in total. The fraction of sp³-hybridized carbons (Fsp3) is 0.0833. The predicted molar refractivity (Wildman–Crippen MR) is 61.7 cm³/mol. The molecule has 1 aromatic heterocycles. The molecule has 0 fully saturated rings. The molecule has 3 heteroatoms. The van der Waals surface area contributed by atoms with Gasteiger partial charge in [0.1, 0.15) is 11.6 Å². The number of hydrogen-bond donors (Lipinski definition) is 0. The molecule has 0 amide bonds. The largest absolute Gasteiger partial charge is 0.200 e. The minimum absolute atomic E-state index is 0.980. The Bertz CT molecular complexity index is 470. The van der Waals surface area contributed by atoms with Crippen LogP contribution < -0.4 is 9.69 Å². The van der Waals surface area contributed by atoms with E-state index in [2.05, 4.69) is 46.3 Å². The SMILES string of the molecule is c1cc[n+](N2CSc3ccccc32)cc1. The lowest BCUT2D eigenvalue weighted by atomic mass is 10.3. The number of rotatable bonds is 1. The highest BCUT2D eigenvalue weighted by Crippen LogP contribution is 2.36. The van der Waals surface area contributed by atoms with Gasteiger partial charge in [0.25, 0.3) is 0 Å². The Hall–Kier alpha value is -1.48. The second-order valence-electron chi connectivity index (χ2n) is 3.40. The van der Waals surface area contributed by atoms with Crippen molar-refractivity contribution in [1.29, 1.82) is 0 Å². The average Bonchev–Trinajstić information content (AvgIpc) is 2.74. The van der Waals surface area contributed by atoms with Crippen LogP contribution in [0.4, 0.5) is 5.69 Å². The molecule has 2 heterocycles. The van der Waals surface area contributed by atoms with Crippen LogP contribution in [0, 0.1) is 0 Å². The van der Waals surface area contributed by atoms with Crippen LogP contribution in [0.15, 0.2) is 59.8 Å². The summed E-state index contributed by atoms with van der Waals surface area (Å²) in [5.74, 6) is 0.980. The minimum atomic E-state index is 0.980. The van der Waals surface area contributed by atoms with Crippen LogP contribution in [-0.4, -0.2) is 5.88 Å². The van der Waals surface area contributed by atoms with E-state index >= 15 is 0 Å². The zero-order valence-corrected chi connectivity index (χ0v) is 9.02. The first-order chi connectivity index (χ1) is 7.45. The smallest absolute Gasteiger partial charge is 0.137 e. The molecule has 2 aromatic rings. The molecule has 1 aliphatic heterocycles. The Labute approximate surface area is 93.1 Å². The molecule has 0 spiro atoms. The first kappa shape index (κ1) is 8.80. The van der Waals surface area contributed by atoms with Crippen molar-refractivity contribution in [2.24, 2.45) is 0 Å². The molecule has 3 rings (SSSR count). The van der Waals surface area contributed by atoms with E-state index in [0.717, 1.165) is 5.88 Å². The van der Waals surface area contributed by atoms with Crippen LogP contribution in [0.3, 0.4) is 0 Å². The lowest BCUT2D eigenvalue weighted by Crippen LogP contribution is -2.52. The van der Waals surface area contributed by atoms with Crippen LogP contribution in [0.1, 0.15) is 0 Å². The van der Waals surface area contributed by atoms with E-state index in [1.165, 1.54) is 10.6 Å². The van der Waals surface area contributed by atoms with E-state index in [9.17, 15) is 0 Å². The predicted octanol–water partition coefficient (Wildman–Crippen LogP) is 2.31. The Kier molecular flexibility index (Phi) is 2.10. The molecule has 0 saturated carbocycles. The molecule has 15 heavy (non-hydrogen) atoms. The molecule has 0 aliphatic carbocycles. The number of anilines is 1. The van der Waals surface area contributed by atoms with Gasteiger partial charge < -0.3 is 0 Å². The van der Waals surface area contributed by atoms with Crippen molar-refractivity contribution < 1.29 is 4.68 Å². The Balaban J connectivity index is 2.05. The lowest BCUT2D eigenvalue weighted by Gasteiger charge is -2.09. The molecule has 0 saturated heterocycles. The van der Waals surface area contributed by atoms with Crippen molar-refractivity contribution in [1.82, 2.24) is 0 Å². The summed E-state index contributed by atoms with van der Waals surface area (Å²) in [6.07, 6.45) is 4.14.